The zero-order valence-corrected chi connectivity index (χ0v) is 21.7. The number of ether oxygens (including phenoxy) is 1. The number of halogens is 1. The quantitative estimate of drug-likeness (QED) is 0.288. The molecule has 2 radical (unpaired) electrons. The molecule has 186 valence electrons. The summed E-state index contributed by atoms with van der Waals surface area (Å²) in [5.74, 6) is 0.427. The smallest absolute Gasteiger partial charge is 0.214 e. The van der Waals surface area contributed by atoms with E-state index in [1.165, 1.54) is 0 Å². The van der Waals surface area contributed by atoms with Crippen LogP contribution in [0.15, 0.2) is 43.1 Å². The maximum absolute atomic E-state index is 14.2. The Morgan fingerprint density at radius 2 is 2.11 bits per heavy atom. The second kappa shape index (κ2) is 10.3. The Hall–Kier alpha value is -2.84. The maximum atomic E-state index is 14.2. The van der Waals surface area contributed by atoms with Gasteiger partial charge in [-0.15, -0.1) is 9.24 Å². The van der Waals surface area contributed by atoms with Gasteiger partial charge in [-0.05, 0) is 43.9 Å². The van der Waals surface area contributed by atoms with Gasteiger partial charge in [-0.2, -0.15) is 5.10 Å². The molecule has 2 unspecified atom stereocenters. The lowest BCUT2D eigenvalue weighted by Gasteiger charge is -2.37. The summed E-state index contributed by atoms with van der Waals surface area (Å²) in [5, 5.41) is 3.53. The predicted molar refractivity (Wildman–Crippen MR) is 142 cm³/mol. The van der Waals surface area contributed by atoms with Gasteiger partial charge in [0.1, 0.15) is 31.2 Å². The average molecular weight is 505 g/mol. The van der Waals surface area contributed by atoms with Crippen molar-refractivity contribution in [1.82, 2.24) is 34.6 Å². The van der Waals surface area contributed by atoms with Gasteiger partial charge in [-0.25, -0.2) is 19.3 Å². The molecular weight excluding hydrogens is 475 g/mol. The van der Waals surface area contributed by atoms with Gasteiger partial charge < -0.3 is 9.72 Å². The Balaban J connectivity index is 1.20. The van der Waals surface area contributed by atoms with Crippen LogP contribution < -0.4 is 4.74 Å². The highest BCUT2D eigenvalue weighted by atomic mass is 31.0. The minimum atomic E-state index is -2.07. The van der Waals surface area contributed by atoms with Gasteiger partial charge in [-0.1, -0.05) is 6.92 Å². The van der Waals surface area contributed by atoms with E-state index in [0.29, 0.717) is 11.9 Å². The molecule has 0 aliphatic carbocycles. The zero-order valence-electron chi connectivity index (χ0n) is 20.6. The van der Waals surface area contributed by atoms with Crippen LogP contribution in [0.4, 0.5) is 4.39 Å². The fraction of sp³-hybridized carbons (Fsp3) is 0.440. The molecule has 36 heavy (non-hydrogen) atoms. The lowest BCUT2D eigenvalue weighted by atomic mass is 9.96. The highest BCUT2D eigenvalue weighted by Crippen LogP contribution is 2.31. The maximum Gasteiger partial charge on any atom is 0.214 e. The highest BCUT2D eigenvalue weighted by Gasteiger charge is 2.27. The number of pyridine rings is 1. The number of hydrogen-bond donors (Lipinski definition) is 1. The first kappa shape index (κ1) is 24.8. The number of rotatable bonds is 8. The van der Waals surface area contributed by atoms with Crippen molar-refractivity contribution in [2.45, 2.75) is 57.1 Å². The first-order valence-electron chi connectivity index (χ1n) is 12.3. The number of piperidine rings is 1. The van der Waals surface area contributed by atoms with Gasteiger partial charge in [0.25, 0.3) is 0 Å². The molecule has 1 fully saturated rings. The third-order valence-corrected chi connectivity index (χ3v) is 7.04. The van der Waals surface area contributed by atoms with Crippen LogP contribution in [-0.2, 0) is 11.9 Å². The number of nitrogens with zero attached hydrogens (tertiary/aromatic N) is 6. The first-order chi connectivity index (χ1) is 17.3. The number of fused-ring (bicyclic) bond motifs is 1. The van der Waals surface area contributed by atoms with E-state index >= 15 is 0 Å². The average Bonchev–Trinajstić information content (AvgIpc) is 3.52. The Kier molecular flexibility index (Phi) is 7.08. The standard InChI is InChI=1S/C25H30BFN7OP/c1-3-18(14-34-13-17(12-31-34)23-20-4-7-28-24(20)30-15-29-23)33-8-5-19(6-9-33)35-22-11-16(2)10-21(32-22)25(26,27)36/h4,7,10-13,15,18-19H,3,5-6,8-9,14,36H2,1-2H3,(H,28,29,30)/t18-,25?/m0/s1. The second-order valence-electron chi connectivity index (χ2n) is 9.46. The summed E-state index contributed by atoms with van der Waals surface area (Å²) in [6.45, 7) is 6.73. The molecule has 8 nitrogen and oxygen atoms in total. The molecule has 3 atom stereocenters. The Labute approximate surface area is 213 Å². The second-order valence-corrected chi connectivity index (χ2v) is 10.3. The van der Waals surface area contributed by atoms with Crippen molar-refractivity contribution >= 4 is 28.1 Å². The summed E-state index contributed by atoms with van der Waals surface area (Å²) < 4.78 is 22.3. The summed E-state index contributed by atoms with van der Waals surface area (Å²) in [4.78, 5) is 18.7. The molecule has 0 amide bonds. The van der Waals surface area contributed by atoms with E-state index in [-0.39, 0.29) is 11.8 Å². The Bertz CT molecular complexity index is 1330. The monoisotopic (exact) mass is 505 g/mol. The van der Waals surface area contributed by atoms with Gasteiger partial charge >= 0.3 is 0 Å². The third-order valence-electron chi connectivity index (χ3n) is 6.75. The van der Waals surface area contributed by atoms with Crippen LogP contribution >= 0.6 is 9.24 Å². The van der Waals surface area contributed by atoms with E-state index in [4.69, 9.17) is 12.6 Å². The van der Waals surface area contributed by atoms with Crippen LogP contribution in [-0.4, -0.2) is 67.7 Å². The summed E-state index contributed by atoms with van der Waals surface area (Å²) in [7, 11) is 7.55. The number of aromatic nitrogens is 6. The fourth-order valence-corrected chi connectivity index (χ4v) is 4.98. The summed E-state index contributed by atoms with van der Waals surface area (Å²) in [6, 6.07) is 5.82. The van der Waals surface area contributed by atoms with Crippen molar-refractivity contribution < 1.29 is 9.13 Å². The number of likely N-dealkylation sites (tertiary alicyclic amines) is 1. The molecule has 5 rings (SSSR count). The molecule has 4 aromatic rings. The molecule has 0 bridgehead atoms. The minimum Gasteiger partial charge on any atom is -0.474 e. The van der Waals surface area contributed by atoms with Crippen molar-refractivity contribution in [2.75, 3.05) is 13.1 Å². The van der Waals surface area contributed by atoms with E-state index < -0.39 is 5.31 Å². The number of alkyl halides is 1. The molecule has 5 heterocycles. The minimum absolute atomic E-state index is 0.0371. The predicted octanol–water partition coefficient (Wildman–Crippen LogP) is 3.97. The SMILES string of the molecule is [B]C(F)(P)c1cc(C)cc(OC2CCN([C@@H](CC)Cn3cc(-c4ncnc5[nH]ccc45)cn3)CC2)n1. The van der Waals surface area contributed by atoms with Crippen LogP contribution in [0.5, 0.6) is 5.88 Å². The molecule has 4 aromatic heterocycles. The normalized spacial score (nSPS) is 17.8. The Morgan fingerprint density at radius 1 is 1.31 bits per heavy atom. The number of aryl methyl sites for hydroxylation is 1. The van der Waals surface area contributed by atoms with E-state index in [1.54, 1.807) is 12.4 Å². The number of nitrogens with one attached hydrogen (secondary N) is 1. The van der Waals surface area contributed by atoms with Gasteiger partial charge in [0.05, 0.1) is 24.1 Å². The van der Waals surface area contributed by atoms with Crippen molar-refractivity contribution in [2.24, 2.45) is 0 Å². The van der Waals surface area contributed by atoms with E-state index in [2.05, 4.69) is 43.1 Å². The molecule has 11 heteroatoms. The molecule has 0 aromatic carbocycles. The summed E-state index contributed by atoms with van der Waals surface area (Å²) in [6.07, 6.45) is 10.2. The van der Waals surface area contributed by atoms with Gasteiger partial charge in [-0.3, -0.25) is 9.58 Å². The lowest BCUT2D eigenvalue weighted by Crippen LogP contribution is -2.45. The van der Waals surface area contributed by atoms with Gasteiger partial charge in [0, 0.05) is 48.5 Å². The van der Waals surface area contributed by atoms with Crippen LogP contribution in [0.1, 0.15) is 37.4 Å². The van der Waals surface area contributed by atoms with Crippen molar-refractivity contribution in [3.8, 4) is 17.1 Å². The number of hydrogen-bond acceptors (Lipinski definition) is 6. The molecule has 1 N–H and O–H groups in total. The highest BCUT2D eigenvalue weighted by molar-refractivity contribution is 7.21. The van der Waals surface area contributed by atoms with E-state index in [0.717, 1.165) is 66.8 Å². The molecular formula is C25H30BFN7OP. The largest absolute Gasteiger partial charge is 0.474 e. The van der Waals surface area contributed by atoms with Gasteiger partial charge in [0.2, 0.25) is 5.88 Å². The van der Waals surface area contributed by atoms with Crippen molar-refractivity contribution in [3.05, 3.63) is 54.4 Å². The van der Waals surface area contributed by atoms with Crippen LogP contribution in [0.25, 0.3) is 22.3 Å². The fourth-order valence-electron chi connectivity index (χ4n) is 4.83. The van der Waals surface area contributed by atoms with Gasteiger partial charge in [0.15, 0.2) is 0 Å². The van der Waals surface area contributed by atoms with Crippen molar-refractivity contribution in [1.29, 1.82) is 0 Å². The molecule has 1 saturated heterocycles. The van der Waals surface area contributed by atoms with E-state index in [1.807, 2.05) is 45.4 Å². The van der Waals surface area contributed by atoms with Crippen LogP contribution in [0.3, 0.4) is 0 Å². The summed E-state index contributed by atoms with van der Waals surface area (Å²) >= 11 is 0. The first-order valence-corrected chi connectivity index (χ1v) is 12.9. The molecule has 0 saturated carbocycles. The molecule has 1 aliphatic heterocycles. The van der Waals surface area contributed by atoms with E-state index in [9.17, 15) is 4.39 Å². The van der Waals surface area contributed by atoms with Crippen LogP contribution in [0, 0.1) is 6.92 Å². The summed E-state index contributed by atoms with van der Waals surface area (Å²) in [5.41, 5.74) is 3.71. The Morgan fingerprint density at radius 3 is 2.86 bits per heavy atom. The number of H-pyrrole nitrogens is 1. The van der Waals surface area contributed by atoms with Crippen molar-refractivity contribution in [3.63, 3.8) is 0 Å². The third kappa shape index (κ3) is 5.45. The molecule has 0 spiro atoms. The lowest BCUT2D eigenvalue weighted by molar-refractivity contribution is 0.0646. The zero-order chi connectivity index (χ0) is 25.3. The topological polar surface area (TPSA) is 84.8 Å². The molecule has 1 aliphatic rings. The van der Waals surface area contributed by atoms with Crippen LogP contribution in [0.2, 0.25) is 0 Å². The number of aromatic amines is 1.